The molecule has 4 rings (SSSR count). The van der Waals surface area contributed by atoms with Crippen LogP contribution in [-0.4, -0.2) is 58.7 Å². The van der Waals surface area contributed by atoms with Crippen LogP contribution in [0.2, 0.25) is 0 Å². The van der Waals surface area contributed by atoms with E-state index in [1.165, 1.54) is 4.31 Å². The summed E-state index contributed by atoms with van der Waals surface area (Å²) < 4.78 is 29.6. The highest BCUT2D eigenvalue weighted by Crippen LogP contribution is 2.22. The molecule has 136 valence electrons. The quantitative estimate of drug-likeness (QED) is 0.621. The fraction of sp³-hybridized carbons (Fsp3) is 0.312. The fourth-order valence-corrected chi connectivity index (χ4v) is 4.69. The molecule has 1 fully saturated rings. The third-order valence-corrected chi connectivity index (χ3v) is 6.90. The van der Waals surface area contributed by atoms with E-state index in [0.29, 0.717) is 36.7 Å². The Morgan fingerprint density at radius 3 is 2.42 bits per heavy atom. The standard InChI is InChI=1S/C16H17BrN6O2S/c1-12-19-20-16-10-14(11-18-23(12)16)21-6-8-22(9-7-21)26(24,25)15-4-2-13(17)3-5-15/h2-5,10-11H,6-9H2,1H3. The average Bonchev–Trinajstić information content (AvgIpc) is 3.03. The highest BCUT2D eigenvalue weighted by Gasteiger charge is 2.28. The van der Waals surface area contributed by atoms with Crippen molar-refractivity contribution < 1.29 is 8.42 Å². The number of nitrogens with zero attached hydrogens (tertiary/aromatic N) is 6. The molecule has 10 heteroatoms. The first kappa shape index (κ1) is 17.4. The second-order valence-corrected chi connectivity index (χ2v) is 8.93. The van der Waals surface area contributed by atoms with Crippen molar-refractivity contribution in [2.24, 2.45) is 0 Å². The summed E-state index contributed by atoms with van der Waals surface area (Å²) in [7, 11) is -3.47. The summed E-state index contributed by atoms with van der Waals surface area (Å²) in [5.74, 6) is 0.733. The van der Waals surface area contributed by atoms with Crippen LogP contribution in [-0.2, 0) is 10.0 Å². The van der Waals surface area contributed by atoms with Gasteiger partial charge in [-0.3, -0.25) is 0 Å². The summed E-state index contributed by atoms with van der Waals surface area (Å²) in [5, 5.41) is 12.4. The molecule has 8 nitrogen and oxygen atoms in total. The lowest BCUT2D eigenvalue weighted by molar-refractivity contribution is 0.384. The second-order valence-electron chi connectivity index (χ2n) is 6.08. The van der Waals surface area contributed by atoms with Crippen molar-refractivity contribution in [1.82, 2.24) is 24.1 Å². The number of piperazine rings is 1. The van der Waals surface area contributed by atoms with E-state index in [0.717, 1.165) is 16.0 Å². The Labute approximate surface area is 159 Å². The predicted octanol–water partition coefficient (Wildman–Crippen LogP) is 1.71. The summed E-state index contributed by atoms with van der Waals surface area (Å²) in [4.78, 5) is 2.43. The molecule has 0 N–H and O–H groups in total. The van der Waals surface area contributed by atoms with Gasteiger partial charge in [0.05, 0.1) is 16.8 Å². The van der Waals surface area contributed by atoms with E-state index >= 15 is 0 Å². The van der Waals surface area contributed by atoms with E-state index in [1.54, 1.807) is 35.0 Å². The summed E-state index contributed by atoms with van der Waals surface area (Å²) in [5.41, 5.74) is 1.61. The number of sulfonamides is 1. The highest BCUT2D eigenvalue weighted by atomic mass is 79.9. The smallest absolute Gasteiger partial charge is 0.243 e. The summed E-state index contributed by atoms with van der Waals surface area (Å²) in [6.45, 7) is 3.89. The van der Waals surface area contributed by atoms with Crippen LogP contribution in [0.5, 0.6) is 0 Å². The molecule has 1 aliphatic heterocycles. The van der Waals surface area contributed by atoms with Gasteiger partial charge < -0.3 is 4.90 Å². The zero-order chi connectivity index (χ0) is 18.3. The summed E-state index contributed by atoms with van der Waals surface area (Å²) >= 11 is 3.33. The largest absolute Gasteiger partial charge is 0.367 e. The molecule has 0 saturated carbocycles. The molecule has 3 aromatic rings. The lowest BCUT2D eigenvalue weighted by Gasteiger charge is -2.35. The number of benzene rings is 1. The minimum Gasteiger partial charge on any atom is -0.367 e. The monoisotopic (exact) mass is 436 g/mol. The molecule has 0 bridgehead atoms. The molecule has 3 heterocycles. The van der Waals surface area contributed by atoms with Crippen LogP contribution in [0.25, 0.3) is 5.65 Å². The van der Waals surface area contributed by atoms with Gasteiger partial charge in [0.1, 0.15) is 0 Å². The second kappa shape index (κ2) is 6.60. The van der Waals surface area contributed by atoms with Gasteiger partial charge in [0.25, 0.3) is 0 Å². The van der Waals surface area contributed by atoms with Crippen LogP contribution in [0.1, 0.15) is 5.82 Å². The maximum atomic E-state index is 12.8. The molecule has 0 aliphatic carbocycles. The lowest BCUT2D eigenvalue weighted by atomic mass is 10.3. The van der Waals surface area contributed by atoms with E-state index in [4.69, 9.17) is 0 Å². The minimum absolute atomic E-state index is 0.316. The third kappa shape index (κ3) is 3.08. The van der Waals surface area contributed by atoms with Crippen LogP contribution < -0.4 is 4.90 Å². The van der Waals surface area contributed by atoms with Gasteiger partial charge in [0.15, 0.2) is 11.5 Å². The van der Waals surface area contributed by atoms with E-state index < -0.39 is 10.0 Å². The summed E-state index contributed by atoms with van der Waals surface area (Å²) in [6, 6.07) is 8.65. The van der Waals surface area contributed by atoms with E-state index in [2.05, 4.69) is 36.1 Å². The fourth-order valence-electron chi connectivity index (χ4n) is 3.01. The van der Waals surface area contributed by atoms with Gasteiger partial charge in [-0.05, 0) is 31.2 Å². The van der Waals surface area contributed by atoms with Gasteiger partial charge in [0, 0.05) is 36.7 Å². The van der Waals surface area contributed by atoms with Gasteiger partial charge >= 0.3 is 0 Å². The number of aromatic nitrogens is 4. The topological polar surface area (TPSA) is 83.7 Å². The third-order valence-electron chi connectivity index (χ3n) is 4.46. The Morgan fingerprint density at radius 2 is 1.73 bits per heavy atom. The average molecular weight is 437 g/mol. The first-order valence-electron chi connectivity index (χ1n) is 8.14. The van der Waals surface area contributed by atoms with Gasteiger partial charge in [-0.25, -0.2) is 8.42 Å². The first-order valence-corrected chi connectivity index (χ1v) is 10.4. The molecule has 0 radical (unpaired) electrons. The molecule has 2 aromatic heterocycles. The number of aryl methyl sites for hydroxylation is 1. The maximum absolute atomic E-state index is 12.8. The molecule has 0 atom stereocenters. The number of hydrogen-bond donors (Lipinski definition) is 0. The maximum Gasteiger partial charge on any atom is 0.243 e. The number of rotatable bonds is 3. The Bertz CT molecular complexity index is 1040. The van der Waals surface area contributed by atoms with Gasteiger partial charge in [0.2, 0.25) is 10.0 Å². The van der Waals surface area contributed by atoms with Crippen LogP contribution in [0.15, 0.2) is 45.9 Å². The van der Waals surface area contributed by atoms with Crippen molar-refractivity contribution in [2.75, 3.05) is 31.1 Å². The Kier molecular flexibility index (Phi) is 4.41. The van der Waals surface area contributed by atoms with Crippen LogP contribution in [0, 0.1) is 6.92 Å². The van der Waals surface area contributed by atoms with Gasteiger partial charge in [-0.1, -0.05) is 15.9 Å². The molecular formula is C16H17BrN6O2S. The molecule has 0 amide bonds. The zero-order valence-electron chi connectivity index (χ0n) is 14.1. The van der Waals surface area contributed by atoms with Crippen molar-refractivity contribution in [1.29, 1.82) is 0 Å². The molecule has 1 aromatic carbocycles. The van der Waals surface area contributed by atoms with Crippen LogP contribution >= 0.6 is 15.9 Å². The molecule has 26 heavy (non-hydrogen) atoms. The number of halogens is 1. The highest BCUT2D eigenvalue weighted by molar-refractivity contribution is 9.10. The predicted molar refractivity (Wildman–Crippen MR) is 101 cm³/mol. The lowest BCUT2D eigenvalue weighted by Crippen LogP contribution is -2.48. The minimum atomic E-state index is -3.47. The van der Waals surface area contributed by atoms with Gasteiger partial charge in [-0.2, -0.15) is 13.9 Å². The number of anilines is 1. The Morgan fingerprint density at radius 1 is 1.04 bits per heavy atom. The van der Waals surface area contributed by atoms with E-state index in [9.17, 15) is 8.42 Å². The van der Waals surface area contributed by atoms with Crippen LogP contribution in [0.4, 0.5) is 5.69 Å². The zero-order valence-corrected chi connectivity index (χ0v) is 16.5. The molecule has 0 unspecified atom stereocenters. The number of fused-ring (bicyclic) bond motifs is 1. The molecule has 0 spiro atoms. The first-order chi connectivity index (χ1) is 12.4. The van der Waals surface area contributed by atoms with Crippen molar-refractivity contribution in [3.63, 3.8) is 0 Å². The Hall–Kier alpha value is -2.04. The van der Waals surface area contributed by atoms with Gasteiger partial charge in [-0.15, -0.1) is 10.2 Å². The van der Waals surface area contributed by atoms with E-state index in [-0.39, 0.29) is 0 Å². The molecule has 1 aliphatic rings. The van der Waals surface area contributed by atoms with Crippen molar-refractivity contribution >= 4 is 37.3 Å². The van der Waals surface area contributed by atoms with E-state index in [1.807, 2.05) is 13.0 Å². The van der Waals surface area contributed by atoms with Crippen molar-refractivity contribution in [3.8, 4) is 0 Å². The van der Waals surface area contributed by atoms with Crippen molar-refractivity contribution in [2.45, 2.75) is 11.8 Å². The van der Waals surface area contributed by atoms with Crippen LogP contribution in [0.3, 0.4) is 0 Å². The Balaban J connectivity index is 1.50. The normalized spacial score (nSPS) is 16.3. The summed E-state index contributed by atoms with van der Waals surface area (Å²) in [6.07, 6.45) is 1.77. The van der Waals surface area contributed by atoms with Crippen molar-refractivity contribution in [3.05, 3.63) is 46.8 Å². The molecule has 1 saturated heterocycles. The SMILES string of the molecule is Cc1nnc2cc(N3CCN(S(=O)(=O)c4ccc(Br)cc4)CC3)cnn12. The molecular weight excluding hydrogens is 420 g/mol. The number of hydrogen-bond acceptors (Lipinski definition) is 6.